The Bertz CT molecular complexity index is 313. The van der Waals surface area contributed by atoms with Crippen molar-refractivity contribution in [3.63, 3.8) is 0 Å². The van der Waals surface area contributed by atoms with Gasteiger partial charge in [0, 0.05) is 13.0 Å². The fourth-order valence-electron chi connectivity index (χ4n) is 0.958. The summed E-state index contributed by atoms with van der Waals surface area (Å²) in [6.07, 6.45) is 1.54. The molecule has 1 heterocycles. The quantitative estimate of drug-likeness (QED) is 0.592. The average Bonchev–Trinajstić information content (AvgIpc) is 1.98. The Morgan fingerprint density at radius 3 is 2.69 bits per heavy atom. The maximum absolute atomic E-state index is 11.2. The molecular formula is C9H12BrNO2. The summed E-state index contributed by atoms with van der Waals surface area (Å²) in [5.41, 5.74) is 0.580. The van der Waals surface area contributed by atoms with Crippen molar-refractivity contribution in [1.82, 2.24) is 0 Å². The lowest BCUT2D eigenvalue weighted by molar-refractivity contribution is -0.613. The van der Waals surface area contributed by atoms with Crippen molar-refractivity contribution in [2.24, 2.45) is 0 Å². The second-order valence-electron chi connectivity index (χ2n) is 3.10. The maximum atomic E-state index is 11.2. The van der Waals surface area contributed by atoms with E-state index in [9.17, 15) is 5.21 Å². The Balaban J connectivity index is 3.05. The van der Waals surface area contributed by atoms with Gasteiger partial charge in [-0.05, 0) is 29.8 Å². The lowest BCUT2D eigenvalue weighted by Crippen LogP contribution is -2.30. The summed E-state index contributed by atoms with van der Waals surface area (Å²) in [6, 6.07) is 1.80. The first-order valence-electron chi connectivity index (χ1n) is 4.06. The number of aromatic nitrogens is 1. The van der Waals surface area contributed by atoms with Crippen molar-refractivity contribution in [2.45, 2.75) is 26.9 Å². The van der Waals surface area contributed by atoms with E-state index in [1.165, 1.54) is 6.20 Å². The Hall–Kier alpha value is -0.770. The molecule has 0 fully saturated rings. The fraction of sp³-hybridized carbons (Fsp3) is 0.444. The molecule has 1 aromatic rings. The topological polar surface area (TPSA) is 36.2 Å². The van der Waals surface area contributed by atoms with Crippen molar-refractivity contribution < 1.29 is 9.47 Å². The Kier molecular flexibility index (Phi) is 3.14. The highest BCUT2D eigenvalue weighted by Gasteiger charge is 2.11. The minimum atomic E-state index is 0.0769. The molecule has 0 saturated carbocycles. The Labute approximate surface area is 86.1 Å². The van der Waals surface area contributed by atoms with E-state index in [1.807, 2.05) is 13.8 Å². The van der Waals surface area contributed by atoms with Gasteiger partial charge >= 0.3 is 0 Å². The van der Waals surface area contributed by atoms with Gasteiger partial charge in [-0.1, -0.05) is 0 Å². The minimum Gasteiger partial charge on any atom is -0.618 e. The summed E-state index contributed by atoms with van der Waals surface area (Å²) >= 11 is 3.24. The summed E-state index contributed by atoms with van der Waals surface area (Å²) in [7, 11) is 0. The van der Waals surface area contributed by atoms with Crippen LogP contribution in [0.3, 0.4) is 0 Å². The molecule has 0 saturated heterocycles. The summed E-state index contributed by atoms with van der Waals surface area (Å²) < 4.78 is 6.97. The first-order valence-corrected chi connectivity index (χ1v) is 4.86. The zero-order valence-electron chi connectivity index (χ0n) is 7.87. The molecule has 13 heavy (non-hydrogen) atoms. The van der Waals surface area contributed by atoms with Gasteiger partial charge < -0.3 is 9.94 Å². The van der Waals surface area contributed by atoms with Crippen LogP contribution in [0.25, 0.3) is 0 Å². The fourth-order valence-corrected chi connectivity index (χ4v) is 1.35. The number of hydrogen-bond acceptors (Lipinski definition) is 2. The third-order valence-corrected chi connectivity index (χ3v) is 1.99. The predicted octanol–water partition coefficient (Wildman–Crippen LogP) is 2.18. The maximum Gasteiger partial charge on any atom is 0.231 e. The highest BCUT2D eigenvalue weighted by molar-refractivity contribution is 9.10. The molecule has 0 aliphatic carbocycles. The zero-order chi connectivity index (χ0) is 10.0. The molecule has 1 aromatic heterocycles. The van der Waals surface area contributed by atoms with E-state index >= 15 is 0 Å². The Morgan fingerprint density at radius 2 is 2.15 bits per heavy atom. The van der Waals surface area contributed by atoms with E-state index in [0.717, 1.165) is 9.20 Å². The molecule has 0 unspecified atom stereocenters. The highest BCUT2D eigenvalue weighted by atomic mass is 79.9. The summed E-state index contributed by atoms with van der Waals surface area (Å²) in [5.74, 6) is 0.624. The van der Waals surface area contributed by atoms with E-state index in [0.29, 0.717) is 11.4 Å². The number of nitrogens with zero attached hydrogens (tertiary/aromatic N) is 1. The smallest absolute Gasteiger partial charge is 0.231 e. The monoisotopic (exact) mass is 245 g/mol. The summed E-state index contributed by atoms with van der Waals surface area (Å²) in [6.45, 7) is 5.59. The SMILES string of the molecule is Cc1c(OC(C)C)cc(Br)c[n+]1[O-]. The van der Waals surface area contributed by atoms with Crippen LogP contribution in [0.5, 0.6) is 5.75 Å². The van der Waals surface area contributed by atoms with Gasteiger partial charge in [0.15, 0.2) is 11.9 Å². The number of halogens is 1. The first-order chi connectivity index (χ1) is 6.00. The van der Waals surface area contributed by atoms with Crippen molar-refractivity contribution in [3.05, 3.63) is 27.6 Å². The number of pyridine rings is 1. The van der Waals surface area contributed by atoms with Gasteiger partial charge in [-0.25, -0.2) is 0 Å². The molecule has 0 N–H and O–H groups in total. The number of ether oxygens (including phenoxy) is 1. The lowest BCUT2D eigenvalue weighted by Gasteiger charge is -2.11. The van der Waals surface area contributed by atoms with Crippen LogP contribution < -0.4 is 9.47 Å². The van der Waals surface area contributed by atoms with Crippen molar-refractivity contribution in [1.29, 1.82) is 0 Å². The van der Waals surface area contributed by atoms with Crippen LogP contribution >= 0.6 is 15.9 Å². The largest absolute Gasteiger partial charge is 0.618 e. The molecule has 0 aliphatic rings. The minimum absolute atomic E-state index is 0.0769. The third kappa shape index (κ3) is 2.59. The van der Waals surface area contributed by atoms with E-state index in [2.05, 4.69) is 15.9 Å². The van der Waals surface area contributed by atoms with Gasteiger partial charge in [0.05, 0.1) is 10.6 Å². The molecule has 72 valence electrons. The first kappa shape index (κ1) is 10.3. The molecular weight excluding hydrogens is 234 g/mol. The normalized spacial score (nSPS) is 10.5. The molecule has 0 aliphatic heterocycles. The van der Waals surface area contributed by atoms with E-state index in [1.54, 1.807) is 13.0 Å². The highest BCUT2D eigenvalue weighted by Crippen LogP contribution is 2.20. The molecule has 0 atom stereocenters. The van der Waals surface area contributed by atoms with Gasteiger partial charge in [0.2, 0.25) is 5.69 Å². The second kappa shape index (κ2) is 3.96. The van der Waals surface area contributed by atoms with Gasteiger partial charge in [-0.2, -0.15) is 4.73 Å². The lowest BCUT2D eigenvalue weighted by atomic mass is 10.3. The second-order valence-corrected chi connectivity index (χ2v) is 4.02. The van der Waals surface area contributed by atoms with Crippen LogP contribution in [0.1, 0.15) is 19.5 Å². The van der Waals surface area contributed by atoms with Gasteiger partial charge in [0.25, 0.3) is 0 Å². The number of rotatable bonds is 2. The number of hydrogen-bond donors (Lipinski definition) is 0. The van der Waals surface area contributed by atoms with Crippen LogP contribution in [0.4, 0.5) is 0 Å². The molecule has 0 amide bonds. The predicted molar refractivity (Wildman–Crippen MR) is 53.6 cm³/mol. The molecule has 0 spiro atoms. The molecule has 4 heteroatoms. The van der Waals surface area contributed by atoms with Crippen LogP contribution in [0.15, 0.2) is 16.7 Å². The zero-order valence-corrected chi connectivity index (χ0v) is 9.46. The Morgan fingerprint density at radius 1 is 1.54 bits per heavy atom. The summed E-state index contributed by atoms with van der Waals surface area (Å²) in [4.78, 5) is 0. The molecule has 0 bridgehead atoms. The van der Waals surface area contributed by atoms with Crippen molar-refractivity contribution >= 4 is 15.9 Å². The van der Waals surface area contributed by atoms with Crippen LogP contribution in [-0.2, 0) is 0 Å². The van der Waals surface area contributed by atoms with Crippen LogP contribution in [-0.4, -0.2) is 6.10 Å². The summed E-state index contributed by atoms with van der Waals surface area (Å²) in [5, 5.41) is 11.2. The van der Waals surface area contributed by atoms with Crippen LogP contribution in [0, 0.1) is 12.1 Å². The average molecular weight is 246 g/mol. The van der Waals surface area contributed by atoms with Crippen molar-refractivity contribution in [3.8, 4) is 5.75 Å². The molecule has 1 rings (SSSR count). The molecule has 3 nitrogen and oxygen atoms in total. The molecule has 0 radical (unpaired) electrons. The standard InChI is InChI=1S/C9H12BrNO2/c1-6(2)13-9-4-8(10)5-11(12)7(9)3/h4-6H,1-3H3. The van der Waals surface area contributed by atoms with Gasteiger partial charge in [-0.15, -0.1) is 0 Å². The van der Waals surface area contributed by atoms with Gasteiger partial charge in [-0.3, -0.25) is 0 Å². The van der Waals surface area contributed by atoms with Crippen LogP contribution in [0.2, 0.25) is 0 Å². The van der Waals surface area contributed by atoms with Crippen molar-refractivity contribution in [2.75, 3.05) is 0 Å². The van der Waals surface area contributed by atoms with Gasteiger partial charge in [0.1, 0.15) is 0 Å². The van der Waals surface area contributed by atoms with E-state index in [-0.39, 0.29) is 6.10 Å². The third-order valence-electron chi connectivity index (χ3n) is 1.56. The van der Waals surface area contributed by atoms with E-state index < -0.39 is 0 Å². The van der Waals surface area contributed by atoms with E-state index in [4.69, 9.17) is 4.74 Å². The molecule has 0 aromatic carbocycles.